The molecule has 7 N–H and O–H groups in total. The van der Waals surface area contributed by atoms with E-state index in [4.69, 9.17) is 10.5 Å². The highest BCUT2D eigenvalue weighted by Gasteiger charge is 2.45. The summed E-state index contributed by atoms with van der Waals surface area (Å²) in [4.78, 5) is 91.6. The van der Waals surface area contributed by atoms with Gasteiger partial charge in [-0.1, -0.05) is 83.7 Å². The molecule has 298 valence electrons. The summed E-state index contributed by atoms with van der Waals surface area (Å²) in [5.41, 5.74) is 5.92. The van der Waals surface area contributed by atoms with E-state index in [-0.39, 0.29) is 24.7 Å². The first kappa shape index (κ1) is 42.3. The lowest BCUT2D eigenvalue weighted by Gasteiger charge is -2.32. The summed E-state index contributed by atoms with van der Waals surface area (Å²) in [6.07, 6.45) is 8.14. The van der Waals surface area contributed by atoms with E-state index in [9.17, 15) is 33.6 Å². The SMILES string of the molecule is CCC[C@H](NC(=O)[C@H](CC(C)C)NC(=O)[C@@H](NC(=O)OCC1C2CCC(C2)C1C)C1CCCCC1)C(=O)C(=O)NCC(=O)N[C@H](C(N)=O)c1ccccc1. The van der Waals surface area contributed by atoms with Crippen LogP contribution in [0.15, 0.2) is 30.3 Å². The average Bonchev–Trinajstić information content (AvgIpc) is 3.75. The van der Waals surface area contributed by atoms with Gasteiger partial charge >= 0.3 is 6.09 Å². The maximum atomic E-state index is 13.9. The molecule has 0 radical (unpaired) electrons. The van der Waals surface area contributed by atoms with Gasteiger partial charge in [0.15, 0.2) is 0 Å². The second-order valence-electron chi connectivity index (χ2n) is 15.9. The summed E-state index contributed by atoms with van der Waals surface area (Å²) in [7, 11) is 0. The number of nitrogens with one attached hydrogen (secondary N) is 5. The third-order valence-electron chi connectivity index (χ3n) is 11.5. The summed E-state index contributed by atoms with van der Waals surface area (Å²) < 4.78 is 5.72. The molecule has 4 rings (SSSR count). The maximum Gasteiger partial charge on any atom is 0.407 e. The van der Waals surface area contributed by atoms with Gasteiger partial charge in [-0.05, 0) is 86.0 Å². The predicted octanol–water partition coefficient (Wildman–Crippen LogP) is 3.19. The lowest BCUT2D eigenvalue weighted by atomic mass is 9.81. The van der Waals surface area contributed by atoms with E-state index in [0.29, 0.717) is 42.3 Å². The van der Waals surface area contributed by atoms with Crippen molar-refractivity contribution < 1.29 is 38.3 Å². The molecule has 8 atom stereocenters. The van der Waals surface area contributed by atoms with Crippen LogP contribution < -0.4 is 32.3 Å². The van der Waals surface area contributed by atoms with Gasteiger partial charge < -0.3 is 37.1 Å². The Bertz CT molecular complexity index is 1480. The number of ether oxygens (including phenoxy) is 1. The van der Waals surface area contributed by atoms with Gasteiger partial charge in [-0.15, -0.1) is 0 Å². The summed E-state index contributed by atoms with van der Waals surface area (Å²) in [6, 6.07) is 4.01. The predicted molar refractivity (Wildman–Crippen MR) is 201 cm³/mol. The van der Waals surface area contributed by atoms with Crippen LogP contribution in [0.4, 0.5) is 4.79 Å². The first-order valence-corrected chi connectivity index (χ1v) is 19.8. The van der Waals surface area contributed by atoms with Crippen molar-refractivity contribution >= 4 is 41.4 Å². The molecule has 4 unspecified atom stereocenters. The summed E-state index contributed by atoms with van der Waals surface area (Å²) in [5.74, 6) is -2.82. The van der Waals surface area contributed by atoms with Crippen LogP contribution in [0.2, 0.25) is 0 Å². The van der Waals surface area contributed by atoms with Crippen molar-refractivity contribution in [3.63, 3.8) is 0 Å². The fraction of sp³-hybridized carbons (Fsp3) is 0.675. The second-order valence-corrected chi connectivity index (χ2v) is 15.9. The number of hydrogen-bond acceptors (Lipinski definition) is 8. The summed E-state index contributed by atoms with van der Waals surface area (Å²) in [5, 5.41) is 13.1. The monoisotopic (exact) mass is 752 g/mol. The largest absolute Gasteiger partial charge is 0.449 e. The maximum absolute atomic E-state index is 13.9. The Morgan fingerprint density at radius 3 is 2.11 bits per heavy atom. The number of rotatable bonds is 19. The number of benzene rings is 1. The van der Waals surface area contributed by atoms with E-state index >= 15 is 0 Å². The van der Waals surface area contributed by atoms with Gasteiger partial charge in [0.05, 0.1) is 19.2 Å². The van der Waals surface area contributed by atoms with Crippen molar-refractivity contribution in [2.24, 2.45) is 41.2 Å². The molecule has 1 aromatic carbocycles. The Balaban J connectivity index is 1.36. The molecule has 0 aromatic heterocycles. The quantitative estimate of drug-likeness (QED) is 0.115. The van der Waals surface area contributed by atoms with E-state index in [0.717, 1.165) is 38.5 Å². The molecule has 14 heteroatoms. The fourth-order valence-corrected chi connectivity index (χ4v) is 8.57. The molecule has 0 aliphatic heterocycles. The lowest BCUT2D eigenvalue weighted by molar-refractivity contribution is -0.141. The van der Waals surface area contributed by atoms with Gasteiger partial charge in [-0.25, -0.2) is 4.79 Å². The number of amides is 6. The van der Waals surface area contributed by atoms with Crippen molar-refractivity contribution in [2.45, 2.75) is 122 Å². The number of carbonyl (C=O) groups is 7. The minimum Gasteiger partial charge on any atom is -0.449 e. The molecule has 14 nitrogen and oxygen atoms in total. The summed E-state index contributed by atoms with van der Waals surface area (Å²) >= 11 is 0. The smallest absolute Gasteiger partial charge is 0.407 e. The average molecular weight is 753 g/mol. The van der Waals surface area contributed by atoms with Crippen LogP contribution in [0.5, 0.6) is 0 Å². The molecule has 2 bridgehead atoms. The molecule has 0 saturated heterocycles. The molecule has 0 spiro atoms. The highest BCUT2D eigenvalue weighted by Crippen LogP contribution is 2.52. The molecule has 1 aromatic rings. The van der Waals surface area contributed by atoms with Gasteiger partial charge in [0, 0.05) is 0 Å². The number of nitrogens with two attached hydrogens (primary N) is 1. The minimum atomic E-state index is -1.23. The molecule has 6 amide bonds. The van der Waals surface area contributed by atoms with Crippen LogP contribution in [-0.2, 0) is 33.5 Å². The second kappa shape index (κ2) is 20.3. The minimum absolute atomic E-state index is 0.0295. The van der Waals surface area contributed by atoms with Gasteiger partial charge in [0.2, 0.25) is 29.4 Å². The third-order valence-corrected chi connectivity index (χ3v) is 11.5. The Labute approximate surface area is 318 Å². The lowest BCUT2D eigenvalue weighted by Crippen LogP contribution is -2.58. The first-order chi connectivity index (χ1) is 25.8. The van der Waals surface area contributed by atoms with Crippen LogP contribution in [-0.4, -0.2) is 72.7 Å². The zero-order valence-corrected chi connectivity index (χ0v) is 32.2. The number of ketones is 1. The normalized spacial score (nSPS) is 23.0. The molecule has 3 fully saturated rings. The van der Waals surface area contributed by atoms with Gasteiger partial charge in [0.1, 0.15) is 18.1 Å². The topological polar surface area (TPSA) is 215 Å². The molecule has 0 heterocycles. The number of fused-ring (bicyclic) bond motifs is 2. The molecular weight excluding hydrogens is 692 g/mol. The van der Waals surface area contributed by atoms with Crippen LogP contribution in [0, 0.1) is 35.5 Å². The van der Waals surface area contributed by atoms with Crippen molar-refractivity contribution in [1.29, 1.82) is 0 Å². The van der Waals surface area contributed by atoms with Gasteiger partial charge in [0.25, 0.3) is 5.91 Å². The number of alkyl carbamates (subject to hydrolysis) is 1. The van der Waals surface area contributed by atoms with Crippen molar-refractivity contribution in [2.75, 3.05) is 13.2 Å². The Morgan fingerprint density at radius 1 is 0.833 bits per heavy atom. The Hall–Kier alpha value is -4.49. The van der Waals surface area contributed by atoms with E-state index < -0.39 is 72.1 Å². The van der Waals surface area contributed by atoms with Crippen LogP contribution in [0.25, 0.3) is 0 Å². The van der Waals surface area contributed by atoms with Gasteiger partial charge in [-0.2, -0.15) is 0 Å². The van der Waals surface area contributed by atoms with Crippen molar-refractivity contribution in [3.05, 3.63) is 35.9 Å². The van der Waals surface area contributed by atoms with E-state index in [1.165, 1.54) is 12.8 Å². The van der Waals surface area contributed by atoms with E-state index in [2.05, 4.69) is 33.5 Å². The first-order valence-electron chi connectivity index (χ1n) is 19.8. The van der Waals surface area contributed by atoms with E-state index in [1.54, 1.807) is 37.3 Å². The van der Waals surface area contributed by atoms with Gasteiger partial charge in [-0.3, -0.25) is 28.8 Å². The summed E-state index contributed by atoms with van der Waals surface area (Å²) in [6.45, 7) is 7.51. The number of Topliss-reactive ketones (excluding diaryl/α,β-unsaturated/α-hetero) is 1. The molecule has 3 aliphatic carbocycles. The van der Waals surface area contributed by atoms with Crippen LogP contribution >= 0.6 is 0 Å². The zero-order valence-electron chi connectivity index (χ0n) is 32.2. The van der Waals surface area contributed by atoms with Crippen molar-refractivity contribution in [3.8, 4) is 0 Å². The highest BCUT2D eigenvalue weighted by molar-refractivity contribution is 6.38. The zero-order chi connectivity index (χ0) is 39.4. The number of hydrogen-bond donors (Lipinski definition) is 6. The molecule has 3 aliphatic rings. The molecule has 54 heavy (non-hydrogen) atoms. The number of carbonyl (C=O) groups excluding carboxylic acids is 7. The van der Waals surface area contributed by atoms with E-state index in [1.807, 2.05) is 13.8 Å². The number of primary amides is 1. The Kier molecular flexibility index (Phi) is 15.9. The van der Waals surface area contributed by atoms with Crippen LogP contribution in [0.3, 0.4) is 0 Å². The molecular formula is C40H60N6O8. The highest BCUT2D eigenvalue weighted by atomic mass is 16.5. The Morgan fingerprint density at radius 2 is 1.50 bits per heavy atom. The standard InChI is InChI=1S/C40H60N6O8/c1-5-12-30(35(48)39(52)42-21-32(47)45-33(36(41)49)25-13-8-6-9-14-25)43-37(50)31(19-23(2)3)44-38(51)34(26-15-10-7-11-16-26)46-40(53)54-22-29-24(4)27-17-18-28(29)20-27/h6,8-9,13-14,23-24,26-31,33-34H,5,7,10-12,15-22H2,1-4H3,(H2,41,49)(H,42,52)(H,43,50)(H,44,51)(H,45,47)(H,46,53)/t24?,27?,28?,29?,30-,31-,33-,34-/m0/s1. The van der Waals surface area contributed by atoms with Crippen LogP contribution in [0.1, 0.15) is 110 Å². The van der Waals surface area contributed by atoms with Crippen molar-refractivity contribution in [1.82, 2.24) is 26.6 Å². The molecule has 3 saturated carbocycles. The third kappa shape index (κ3) is 11.8. The fourth-order valence-electron chi connectivity index (χ4n) is 8.57.